The zero-order valence-corrected chi connectivity index (χ0v) is 19.2. The standard InChI is InChI=1S/C25H22ClF3N2O3/c1-16-6-10-19(11-7-16)30-22(15-33-2)23(17-4-3-5-21(14-17)34-25(27,28)29)31(24(30)32)20-12-8-18(26)9-13-20/h3-14,22-23H,15H2,1-2H3. The van der Waals surface area contributed by atoms with Gasteiger partial charge in [0.05, 0.1) is 18.7 Å². The molecule has 34 heavy (non-hydrogen) atoms. The lowest BCUT2D eigenvalue weighted by Crippen LogP contribution is -2.37. The molecule has 0 saturated carbocycles. The number of nitrogens with zero attached hydrogens (tertiary/aromatic N) is 2. The highest BCUT2D eigenvalue weighted by atomic mass is 35.5. The summed E-state index contributed by atoms with van der Waals surface area (Å²) in [4.78, 5) is 17.0. The number of carbonyl (C=O) groups is 1. The van der Waals surface area contributed by atoms with Gasteiger partial charge in [0.15, 0.2) is 0 Å². The van der Waals surface area contributed by atoms with Gasteiger partial charge >= 0.3 is 12.4 Å². The summed E-state index contributed by atoms with van der Waals surface area (Å²) in [5, 5.41) is 0.497. The highest BCUT2D eigenvalue weighted by molar-refractivity contribution is 6.30. The van der Waals surface area contributed by atoms with Crippen LogP contribution in [0.25, 0.3) is 0 Å². The number of amides is 2. The first-order valence-electron chi connectivity index (χ1n) is 10.5. The minimum atomic E-state index is -4.83. The number of halogens is 4. The Kier molecular flexibility index (Phi) is 6.72. The number of hydrogen-bond donors (Lipinski definition) is 0. The molecule has 1 heterocycles. The third-order valence-electron chi connectivity index (χ3n) is 5.57. The fourth-order valence-electron chi connectivity index (χ4n) is 4.17. The van der Waals surface area contributed by atoms with Crippen molar-refractivity contribution in [2.24, 2.45) is 0 Å². The van der Waals surface area contributed by atoms with E-state index in [9.17, 15) is 18.0 Å². The molecule has 178 valence electrons. The van der Waals surface area contributed by atoms with Crippen LogP contribution in [-0.2, 0) is 4.74 Å². The van der Waals surface area contributed by atoms with Crippen molar-refractivity contribution >= 4 is 29.0 Å². The molecule has 1 fully saturated rings. The molecule has 3 aromatic rings. The van der Waals surface area contributed by atoms with Crippen LogP contribution >= 0.6 is 11.6 Å². The lowest BCUT2D eigenvalue weighted by atomic mass is 9.98. The van der Waals surface area contributed by atoms with Gasteiger partial charge < -0.3 is 9.47 Å². The first-order valence-corrected chi connectivity index (χ1v) is 10.8. The number of methoxy groups -OCH3 is 1. The molecule has 0 bridgehead atoms. The third-order valence-corrected chi connectivity index (χ3v) is 5.83. The minimum Gasteiger partial charge on any atom is -0.406 e. The molecule has 0 aliphatic carbocycles. The lowest BCUT2D eigenvalue weighted by molar-refractivity contribution is -0.274. The smallest absolute Gasteiger partial charge is 0.406 e. The Morgan fingerprint density at radius 1 is 0.941 bits per heavy atom. The van der Waals surface area contributed by atoms with Gasteiger partial charge in [0.25, 0.3) is 0 Å². The highest BCUT2D eigenvalue weighted by Crippen LogP contribution is 2.42. The number of alkyl halides is 3. The zero-order chi connectivity index (χ0) is 24.5. The van der Waals surface area contributed by atoms with Crippen molar-refractivity contribution in [3.05, 3.63) is 88.9 Å². The largest absolute Gasteiger partial charge is 0.573 e. The number of ether oxygens (including phenoxy) is 2. The normalized spacial score (nSPS) is 18.5. The first-order chi connectivity index (χ1) is 16.2. The number of carbonyl (C=O) groups excluding carboxylic acids is 1. The summed E-state index contributed by atoms with van der Waals surface area (Å²) < 4.78 is 48.2. The van der Waals surface area contributed by atoms with Crippen LogP contribution in [0.5, 0.6) is 5.75 Å². The molecule has 1 aliphatic heterocycles. The van der Waals surface area contributed by atoms with Gasteiger partial charge in [0.1, 0.15) is 5.75 Å². The summed E-state index contributed by atoms with van der Waals surface area (Å²) in [6.45, 7) is 2.09. The quantitative estimate of drug-likeness (QED) is 0.384. The topological polar surface area (TPSA) is 42.0 Å². The molecule has 5 nitrogen and oxygen atoms in total. The van der Waals surface area contributed by atoms with Gasteiger partial charge in [0, 0.05) is 23.5 Å². The fraction of sp³-hybridized carbons (Fsp3) is 0.240. The summed E-state index contributed by atoms with van der Waals surface area (Å²) in [6, 6.07) is 18.3. The molecule has 2 atom stereocenters. The van der Waals surface area contributed by atoms with Crippen LogP contribution in [0.15, 0.2) is 72.8 Å². The van der Waals surface area contributed by atoms with Crippen LogP contribution in [0.4, 0.5) is 29.3 Å². The second-order valence-corrected chi connectivity index (χ2v) is 8.36. The summed E-state index contributed by atoms with van der Waals surface area (Å²) in [5.74, 6) is -0.363. The maximum atomic E-state index is 13.8. The van der Waals surface area contributed by atoms with Crippen molar-refractivity contribution in [2.75, 3.05) is 23.5 Å². The zero-order valence-electron chi connectivity index (χ0n) is 18.4. The maximum Gasteiger partial charge on any atom is 0.573 e. The van der Waals surface area contributed by atoms with Gasteiger partial charge in [-0.15, -0.1) is 13.2 Å². The van der Waals surface area contributed by atoms with E-state index in [2.05, 4.69) is 4.74 Å². The molecule has 1 saturated heterocycles. The van der Waals surface area contributed by atoms with Crippen LogP contribution in [0.3, 0.4) is 0 Å². The second-order valence-electron chi connectivity index (χ2n) is 7.92. The van der Waals surface area contributed by atoms with Crippen molar-refractivity contribution in [1.29, 1.82) is 0 Å². The highest BCUT2D eigenvalue weighted by Gasteiger charge is 2.48. The SMILES string of the molecule is COCC1C(c2cccc(OC(F)(F)F)c2)N(c2ccc(Cl)cc2)C(=O)N1c1ccc(C)cc1. The number of rotatable bonds is 6. The van der Waals surface area contributed by atoms with Gasteiger partial charge in [-0.05, 0) is 61.0 Å². The molecule has 0 spiro atoms. The van der Waals surface area contributed by atoms with E-state index in [-0.39, 0.29) is 18.4 Å². The first kappa shape index (κ1) is 23.9. The van der Waals surface area contributed by atoms with E-state index in [4.69, 9.17) is 16.3 Å². The Balaban J connectivity index is 1.85. The van der Waals surface area contributed by atoms with E-state index in [0.717, 1.165) is 5.56 Å². The summed E-state index contributed by atoms with van der Waals surface area (Å²) in [7, 11) is 1.52. The molecule has 9 heteroatoms. The van der Waals surface area contributed by atoms with Crippen molar-refractivity contribution < 1.29 is 27.4 Å². The van der Waals surface area contributed by atoms with E-state index in [1.54, 1.807) is 40.1 Å². The van der Waals surface area contributed by atoms with E-state index in [1.165, 1.54) is 25.3 Å². The van der Waals surface area contributed by atoms with Gasteiger partial charge in [-0.2, -0.15) is 0 Å². The Morgan fingerprint density at radius 2 is 1.56 bits per heavy atom. The molecule has 2 amide bonds. The van der Waals surface area contributed by atoms with Crippen molar-refractivity contribution in [2.45, 2.75) is 25.4 Å². The average Bonchev–Trinajstić information content (AvgIpc) is 3.06. The van der Waals surface area contributed by atoms with Gasteiger partial charge in [-0.1, -0.05) is 41.4 Å². The van der Waals surface area contributed by atoms with Crippen LogP contribution < -0.4 is 14.5 Å². The van der Waals surface area contributed by atoms with Crippen molar-refractivity contribution in [1.82, 2.24) is 0 Å². The molecule has 0 radical (unpaired) electrons. The minimum absolute atomic E-state index is 0.152. The molecule has 1 aliphatic rings. The second kappa shape index (κ2) is 9.56. The Hall–Kier alpha value is -3.23. The van der Waals surface area contributed by atoms with Gasteiger partial charge in [-0.3, -0.25) is 9.80 Å². The van der Waals surface area contributed by atoms with Gasteiger partial charge in [-0.25, -0.2) is 4.79 Å². The molecule has 3 aromatic carbocycles. The number of urea groups is 1. The van der Waals surface area contributed by atoms with E-state index < -0.39 is 18.4 Å². The maximum absolute atomic E-state index is 13.8. The molecular weight excluding hydrogens is 469 g/mol. The van der Waals surface area contributed by atoms with Crippen LogP contribution in [0, 0.1) is 6.92 Å². The molecule has 0 aromatic heterocycles. The summed E-state index contributed by atoms with van der Waals surface area (Å²) >= 11 is 6.05. The third kappa shape index (κ3) is 4.98. The molecule has 0 N–H and O–H groups in total. The van der Waals surface area contributed by atoms with Crippen molar-refractivity contribution in [3.63, 3.8) is 0 Å². The predicted molar refractivity (Wildman–Crippen MR) is 125 cm³/mol. The molecular formula is C25H22ClF3N2O3. The Labute approximate surface area is 200 Å². The summed E-state index contributed by atoms with van der Waals surface area (Å²) in [5.41, 5.74) is 2.71. The number of anilines is 2. The monoisotopic (exact) mass is 490 g/mol. The Bertz CT molecular complexity index is 1150. The van der Waals surface area contributed by atoms with Gasteiger partial charge in [0.2, 0.25) is 0 Å². The number of benzene rings is 3. The Morgan fingerprint density at radius 3 is 2.18 bits per heavy atom. The van der Waals surface area contributed by atoms with E-state index in [0.29, 0.717) is 22.0 Å². The number of aryl methyl sites for hydroxylation is 1. The van der Waals surface area contributed by atoms with E-state index in [1.807, 2.05) is 31.2 Å². The van der Waals surface area contributed by atoms with Crippen LogP contribution in [-0.4, -0.2) is 32.2 Å². The number of hydrogen-bond acceptors (Lipinski definition) is 3. The fourth-order valence-corrected chi connectivity index (χ4v) is 4.30. The van der Waals surface area contributed by atoms with Crippen molar-refractivity contribution in [3.8, 4) is 5.75 Å². The van der Waals surface area contributed by atoms with Crippen LogP contribution in [0.2, 0.25) is 5.02 Å². The van der Waals surface area contributed by atoms with Crippen LogP contribution in [0.1, 0.15) is 17.2 Å². The molecule has 2 unspecified atom stereocenters. The van der Waals surface area contributed by atoms with E-state index >= 15 is 0 Å². The average molecular weight is 491 g/mol. The summed E-state index contributed by atoms with van der Waals surface area (Å²) in [6.07, 6.45) is -4.83. The predicted octanol–water partition coefficient (Wildman–Crippen LogP) is 6.75. The molecule has 4 rings (SSSR count). The lowest BCUT2D eigenvalue weighted by Gasteiger charge is -2.28.